The minimum absolute atomic E-state index is 0.172. The second-order valence-corrected chi connectivity index (χ2v) is 8.59. The fourth-order valence-electron chi connectivity index (χ4n) is 5.03. The second-order valence-electron chi connectivity index (χ2n) is 7.72. The molecular formula is C20H28FN3OS. The summed E-state index contributed by atoms with van der Waals surface area (Å²) >= 11 is 1.71. The van der Waals surface area contributed by atoms with E-state index in [4.69, 9.17) is 4.74 Å². The Balaban J connectivity index is 1.40. The molecule has 1 heterocycles. The SMILES string of the molecule is CN=C(NCc1ccc(F)cc1CSC)NC1C2CCOC2C12CCC2. The van der Waals surface area contributed by atoms with Gasteiger partial charge in [-0.3, -0.25) is 4.99 Å². The molecule has 0 radical (unpaired) electrons. The van der Waals surface area contributed by atoms with Crippen LogP contribution in [0, 0.1) is 17.2 Å². The molecule has 3 aliphatic rings. The molecule has 26 heavy (non-hydrogen) atoms. The third kappa shape index (κ3) is 3.01. The summed E-state index contributed by atoms with van der Waals surface area (Å²) in [6.07, 6.45) is 7.48. The number of nitrogens with one attached hydrogen (secondary N) is 2. The van der Waals surface area contributed by atoms with E-state index in [0.29, 0.717) is 30.0 Å². The quantitative estimate of drug-likeness (QED) is 0.610. The van der Waals surface area contributed by atoms with Crippen LogP contribution in [0.25, 0.3) is 0 Å². The topological polar surface area (TPSA) is 45.7 Å². The molecule has 1 aromatic rings. The van der Waals surface area contributed by atoms with Crippen LogP contribution in [0.2, 0.25) is 0 Å². The first-order chi connectivity index (χ1) is 12.7. The zero-order valence-corrected chi connectivity index (χ0v) is 16.4. The number of thioether (sulfide) groups is 1. The van der Waals surface area contributed by atoms with Gasteiger partial charge in [-0.1, -0.05) is 12.5 Å². The number of rotatable bonds is 5. The van der Waals surface area contributed by atoms with E-state index < -0.39 is 0 Å². The van der Waals surface area contributed by atoms with Crippen molar-refractivity contribution in [3.63, 3.8) is 0 Å². The van der Waals surface area contributed by atoms with E-state index >= 15 is 0 Å². The average molecular weight is 378 g/mol. The van der Waals surface area contributed by atoms with Gasteiger partial charge in [0.15, 0.2) is 5.96 Å². The van der Waals surface area contributed by atoms with Gasteiger partial charge in [-0.2, -0.15) is 11.8 Å². The summed E-state index contributed by atoms with van der Waals surface area (Å²) < 4.78 is 19.5. The smallest absolute Gasteiger partial charge is 0.191 e. The summed E-state index contributed by atoms with van der Waals surface area (Å²) in [7, 11) is 1.82. The van der Waals surface area contributed by atoms with E-state index in [1.807, 2.05) is 19.4 Å². The normalized spacial score (nSPS) is 29.0. The Morgan fingerprint density at radius 2 is 2.23 bits per heavy atom. The number of nitrogens with zero attached hydrogens (tertiary/aromatic N) is 1. The lowest BCUT2D eigenvalue weighted by atomic mass is 9.46. The third-order valence-electron chi connectivity index (χ3n) is 6.47. The van der Waals surface area contributed by atoms with Crippen LogP contribution in [0.15, 0.2) is 23.2 Å². The van der Waals surface area contributed by atoms with Crippen LogP contribution in [0.5, 0.6) is 0 Å². The minimum atomic E-state index is -0.172. The number of benzene rings is 1. The maximum absolute atomic E-state index is 13.5. The lowest BCUT2D eigenvalue weighted by molar-refractivity contribution is -0.171. The van der Waals surface area contributed by atoms with E-state index in [-0.39, 0.29) is 5.82 Å². The predicted molar refractivity (Wildman–Crippen MR) is 105 cm³/mol. The zero-order valence-electron chi connectivity index (χ0n) is 15.6. The van der Waals surface area contributed by atoms with Gasteiger partial charge in [0.25, 0.3) is 0 Å². The fourth-order valence-corrected chi connectivity index (χ4v) is 5.61. The minimum Gasteiger partial charge on any atom is -0.377 e. The fraction of sp³-hybridized carbons (Fsp3) is 0.650. The maximum Gasteiger partial charge on any atom is 0.191 e. The van der Waals surface area contributed by atoms with Crippen molar-refractivity contribution in [3.8, 4) is 0 Å². The standard InChI is InChI=1S/C20H28FN3OS/c1-22-19(23-11-13-4-5-15(21)10-14(13)12-26-2)24-17-16-6-9-25-18(16)20(17)7-3-8-20/h4-5,10,16-18H,3,6-9,11-12H2,1-2H3,(H2,22,23,24). The molecule has 3 unspecified atom stereocenters. The van der Waals surface area contributed by atoms with Crippen molar-refractivity contribution in [3.05, 3.63) is 35.1 Å². The highest BCUT2D eigenvalue weighted by Gasteiger charge is 2.66. The molecule has 0 aromatic heterocycles. The first kappa shape index (κ1) is 18.1. The van der Waals surface area contributed by atoms with Gasteiger partial charge >= 0.3 is 0 Å². The van der Waals surface area contributed by atoms with Crippen LogP contribution in [-0.2, 0) is 17.0 Å². The molecule has 142 valence electrons. The van der Waals surface area contributed by atoms with E-state index in [0.717, 1.165) is 35.9 Å². The van der Waals surface area contributed by atoms with Gasteiger partial charge in [0.2, 0.25) is 0 Å². The number of guanidine groups is 1. The van der Waals surface area contributed by atoms with Gasteiger partial charge < -0.3 is 15.4 Å². The van der Waals surface area contributed by atoms with Gasteiger partial charge in [0.05, 0.1) is 6.10 Å². The van der Waals surface area contributed by atoms with Gasteiger partial charge in [0.1, 0.15) is 5.82 Å². The Hall–Kier alpha value is -1.27. The molecule has 0 bridgehead atoms. The lowest BCUT2D eigenvalue weighted by Gasteiger charge is -2.63. The predicted octanol–water partition coefficient (Wildman–Crippen LogP) is 3.31. The average Bonchev–Trinajstić information content (AvgIpc) is 3.00. The summed E-state index contributed by atoms with van der Waals surface area (Å²) in [5.41, 5.74) is 2.50. The molecular weight excluding hydrogens is 349 g/mol. The highest BCUT2D eigenvalue weighted by atomic mass is 32.2. The van der Waals surface area contributed by atoms with Crippen molar-refractivity contribution in [1.82, 2.24) is 10.6 Å². The Morgan fingerprint density at radius 1 is 1.38 bits per heavy atom. The molecule has 1 aromatic carbocycles. The zero-order chi connectivity index (χ0) is 18.1. The molecule has 2 saturated carbocycles. The van der Waals surface area contributed by atoms with Crippen molar-refractivity contribution in [2.75, 3.05) is 19.9 Å². The van der Waals surface area contributed by atoms with Crippen molar-refractivity contribution < 1.29 is 9.13 Å². The molecule has 3 atom stereocenters. The number of halogens is 1. The summed E-state index contributed by atoms with van der Waals surface area (Å²) in [4.78, 5) is 4.43. The summed E-state index contributed by atoms with van der Waals surface area (Å²) in [5.74, 6) is 2.10. The molecule has 4 rings (SSSR count). The van der Waals surface area contributed by atoms with Gasteiger partial charge in [-0.15, -0.1) is 0 Å². The Morgan fingerprint density at radius 3 is 2.92 bits per heavy atom. The van der Waals surface area contributed by atoms with E-state index in [9.17, 15) is 4.39 Å². The van der Waals surface area contributed by atoms with Gasteiger partial charge in [-0.05, 0) is 48.8 Å². The Bertz CT molecular complexity index is 692. The Kier molecular flexibility index (Phi) is 5.15. The van der Waals surface area contributed by atoms with Crippen molar-refractivity contribution in [2.24, 2.45) is 16.3 Å². The number of hydrogen-bond acceptors (Lipinski definition) is 3. The van der Waals surface area contributed by atoms with Crippen molar-refractivity contribution in [1.29, 1.82) is 0 Å². The largest absolute Gasteiger partial charge is 0.377 e. The van der Waals surface area contributed by atoms with Crippen molar-refractivity contribution >= 4 is 17.7 Å². The van der Waals surface area contributed by atoms with E-state index in [2.05, 4.69) is 15.6 Å². The second kappa shape index (κ2) is 7.39. The first-order valence-electron chi connectivity index (χ1n) is 9.53. The number of hydrogen-bond donors (Lipinski definition) is 2. The number of aliphatic imine (C=N–C) groups is 1. The number of ether oxygens (including phenoxy) is 1. The summed E-state index contributed by atoms with van der Waals surface area (Å²) in [6, 6.07) is 5.51. The van der Waals surface area contributed by atoms with Crippen LogP contribution in [-0.4, -0.2) is 38.0 Å². The van der Waals surface area contributed by atoms with Gasteiger partial charge in [-0.25, -0.2) is 4.39 Å². The van der Waals surface area contributed by atoms with Crippen LogP contribution >= 0.6 is 11.8 Å². The van der Waals surface area contributed by atoms with E-state index in [1.54, 1.807) is 17.8 Å². The molecule has 2 aliphatic carbocycles. The highest BCUT2D eigenvalue weighted by Crippen LogP contribution is 2.62. The van der Waals surface area contributed by atoms with Crippen LogP contribution in [0.1, 0.15) is 36.8 Å². The number of fused-ring (bicyclic) bond motifs is 2. The molecule has 2 N–H and O–H groups in total. The van der Waals surface area contributed by atoms with Crippen LogP contribution in [0.3, 0.4) is 0 Å². The molecule has 1 spiro atoms. The van der Waals surface area contributed by atoms with Crippen LogP contribution in [0.4, 0.5) is 4.39 Å². The molecule has 1 aliphatic heterocycles. The molecule has 1 saturated heterocycles. The van der Waals surface area contributed by atoms with Crippen LogP contribution < -0.4 is 10.6 Å². The monoisotopic (exact) mass is 377 g/mol. The Labute approximate surface area is 159 Å². The van der Waals surface area contributed by atoms with E-state index in [1.165, 1.54) is 25.3 Å². The molecule has 4 nitrogen and oxygen atoms in total. The van der Waals surface area contributed by atoms with Crippen molar-refractivity contribution in [2.45, 2.75) is 50.1 Å². The molecule has 0 amide bonds. The summed E-state index contributed by atoms with van der Waals surface area (Å²) in [6.45, 7) is 1.55. The maximum atomic E-state index is 13.5. The summed E-state index contributed by atoms with van der Waals surface area (Å²) in [5, 5.41) is 7.12. The molecule has 6 heteroatoms. The third-order valence-corrected chi connectivity index (χ3v) is 7.07. The van der Waals surface area contributed by atoms with Gasteiger partial charge in [0, 0.05) is 43.3 Å². The first-order valence-corrected chi connectivity index (χ1v) is 10.9. The lowest BCUT2D eigenvalue weighted by Crippen LogP contribution is -2.72. The molecule has 3 fully saturated rings. The highest BCUT2D eigenvalue weighted by molar-refractivity contribution is 7.97.